The van der Waals surface area contributed by atoms with Crippen LogP contribution in [0, 0.1) is 0 Å². The summed E-state index contributed by atoms with van der Waals surface area (Å²) in [6.45, 7) is 1.90. The Bertz CT molecular complexity index is 1280. The second kappa shape index (κ2) is 15.0. The Hall–Kier alpha value is -1.71. The lowest BCUT2D eigenvalue weighted by molar-refractivity contribution is -0.141. The van der Waals surface area contributed by atoms with E-state index >= 15 is 0 Å². The van der Waals surface area contributed by atoms with Gasteiger partial charge in [0, 0.05) is 46.2 Å². The SMILES string of the molecule is CC[C@H](C(=O)NC1CCCCC1)N(Cc1c(Cl)cccc1Cl)C(=O)CCCN(c1cc(Cl)ccc1Cl)S(C)(=O)=O. The minimum Gasteiger partial charge on any atom is -0.352 e. The summed E-state index contributed by atoms with van der Waals surface area (Å²) >= 11 is 25.2. The van der Waals surface area contributed by atoms with Crippen LogP contribution in [0.4, 0.5) is 5.69 Å². The van der Waals surface area contributed by atoms with E-state index in [4.69, 9.17) is 46.4 Å². The van der Waals surface area contributed by atoms with E-state index in [9.17, 15) is 18.0 Å². The van der Waals surface area contributed by atoms with E-state index in [1.54, 1.807) is 24.3 Å². The Morgan fingerprint density at radius 3 is 2.25 bits per heavy atom. The molecule has 7 nitrogen and oxygen atoms in total. The molecule has 0 unspecified atom stereocenters. The number of hydrogen-bond acceptors (Lipinski definition) is 4. The number of halogens is 4. The van der Waals surface area contributed by atoms with Crippen LogP contribution < -0.4 is 9.62 Å². The normalized spacial score (nSPS) is 14.9. The summed E-state index contributed by atoms with van der Waals surface area (Å²) in [6, 6.07) is 9.00. The van der Waals surface area contributed by atoms with Crippen molar-refractivity contribution in [3.05, 3.63) is 62.1 Å². The smallest absolute Gasteiger partial charge is 0.243 e. The molecular formula is C28H35Cl4N3O4S. The highest BCUT2D eigenvalue weighted by Gasteiger charge is 2.31. The number of rotatable bonds is 12. The van der Waals surface area contributed by atoms with Gasteiger partial charge in [-0.3, -0.25) is 13.9 Å². The molecule has 1 aliphatic rings. The van der Waals surface area contributed by atoms with Crippen LogP contribution in [0.15, 0.2) is 36.4 Å². The fourth-order valence-electron chi connectivity index (χ4n) is 4.98. The third-order valence-corrected chi connectivity index (χ3v) is 9.50. The van der Waals surface area contributed by atoms with Crippen LogP contribution >= 0.6 is 46.4 Å². The van der Waals surface area contributed by atoms with E-state index in [0.29, 0.717) is 27.1 Å². The van der Waals surface area contributed by atoms with Crippen LogP contribution in [0.25, 0.3) is 0 Å². The molecule has 2 amide bonds. The fourth-order valence-corrected chi connectivity index (χ4v) is 6.90. The summed E-state index contributed by atoms with van der Waals surface area (Å²) in [4.78, 5) is 28.6. The van der Waals surface area contributed by atoms with Gasteiger partial charge in [-0.2, -0.15) is 0 Å². The predicted molar refractivity (Wildman–Crippen MR) is 164 cm³/mol. The molecule has 0 heterocycles. The van der Waals surface area contributed by atoms with Gasteiger partial charge in [-0.15, -0.1) is 0 Å². The van der Waals surface area contributed by atoms with Gasteiger partial charge >= 0.3 is 0 Å². The van der Waals surface area contributed by atoms with Crippen molar-refractivity contribution in [2.75, 3.05) is 17.1 Å². The van der Waals surface area contributed by atoms with Gasteiger partial charge < -0.3 is 10.2 Å². The third-order valence-electron chi connectivity index (χ3n) is 7.06. The number of nitrogens with one attached hydrogen (secondary N) is 1. The average Bonchev–Trinajstić information content (AvgIpc) is 2.89. The number of hydrogen-bond donors (Lipinski definition) is 1. The lowest BCUT2D eigenvalue weighted by Crippen LogP contribution is -2.51. The lowest BCUT2D eigenvalue weighted by Gasteiger charge is -2.33. The van der Waals surface area contributed by atoms with Gasteiger partial charge in [0.1, 0.15) is 6.04 Å². The summed E-state index contributed by atoms with van der Waals surface area (Å²) in [6.07, 6.45) is 6.74. The van der Waals surface area contributed by atoms with Crippen molar-refractivity contribution in [2.45, 2.75) is 76.9 Å². The molecular weight excluding hydrogens is 616 g/mol. The Labute approximate surface area is 257 Å². The van der Waals surface area contributed by atoms with Crippen molar-refractivity contribution in [3.8, 4) is 0 Å². The molecule has 1 saturated carbocycles. The largest absolute Gasteiger partial charge is 0.352 e. The Morgan fingerprint density at radius 1 is 1.00 bits per heavy atom. The molecule has 0 aliphatic heterocycles. The molecule has 1 aliphatic carbocycles. The molecule has 0 saturated heterocycles. The standard InChI is InChI=1S/C28H35Cl4N3O4S/c1-3-25(28(37)33-20-9-5-4-6-10-20)34(18-21-22(30)11-7-12-23(21)31)27(36)13-8-16-35(40(2,38)39)26-17-19(29)14-15-24(26)32/h7,11-12,14-15,17,20,25H,3-6,8-10,13,16,18H2,1-2H3,(H,33,37)/t25-/m1/s1. The Balaban J connectivity index is 1.82. The highest BCUT2D eigenvalue weighted by molar-refractivity contribution is 7.92. The first-order chi connectivity index (χ1) is 18.9. The topological polar surface area (TPSA) is 86.8 Å². The highest BCUT2D eigenvalue weighted by Crippen LogP contribution is 2.31. The van der Waals surface area contributed by atoms with Crippen LogP contribution in [0.5, 0.6) is 0 Å². The van der Waals surface area contributed by atoms with Gasteiger partial charge in [-0.1, -0.05) is 78.7 Å². The molecule has 1 N–H and O–H groups in total. The van der Waals surface area contributed by atoms with Crippen molar-refractivity contribution in [2.24, 2.45) is 0 Å². The van der Waals surface area contributed by atoms with Crippen molar-refractivity contribution < 1.29 is 18.0 Å². The maximum atomic E-state index is 13.7. The zero-order valence-corrected chi connectivity index (χ0v) is 26.5. The zero-order chi connectivity index (χ0) is 29.4. The molecule has 0 bridgehead atoms. The first-order valence-corrected chi connectivity index (χ1v) is 16.7. The molecule has 220 valence electrons. The first kappa shape index (κ1) is 32.8. The maximum Gasteiger partial charge on any atom is 0.243 e. The summed E-state index contributed by atoms with van der Waals surface area (Å²) in [7, 11) is -3.72. The lowest BCUT2D eigenvalue weighted by atomic mass is 9.95. The Morgan fingerprint density at radius 2 is 1.65 bits per heavy atom. The number of nitrogens with zero attached hydrogens (tertiary/aromatic N) is 2. The molecule has 12 heteroatoms. The second-order valence-corrected chi connectivity index (χ2v) is 13.6. The number of amides is 2. The third kappa shape index (κ3) is 8.89. The molecule has 40 heavy (non-hydrogen) atoms. The minimum absolute atomic E-state index is 0.00358. The van der Waals surface area contributed by atoms with Crippen molar-refractivity contribution in [1.82, 2.24) is 10.2 Å². The summed E-state index contributed by atoms with van der Waals surface area (Å²) in [5.41, 5.74) is 0.786. The van der Waals surface area contributed by atoms with E-state index < -0.39 is 16.1 Å². The second-order valence-electron chi connectivity index (χ2n) is 10.0. The predicted octanol–water partition coefficient (Wildman–Crippen LogP) is 7.10. The number of benzene rings is 2. The summed E-state index contributed by atoms with van der Waals surface area (Å²) < 4.78 is 26.3. The zero-order valence-electron chi connectivity index (χ0n) is 22.6. The van der Waals surface area contributed by atoms with Gasteiger partial charge in [0.25, 0.3) is 0 Å². The molecule has 2 aromatic carbocycles. The molecule has 1 atom stereocenters. The quantitative estimate of drug-likeness (QED) is 0.265. The van der Waals surface area contributed by atoms with Crippen LogP contribution in [0.2, 0.25) is 20.1 Å². The fraction of sp³-hybridized carbons (Fsp3) is 0.500. The van der Waals surface area contributed by atoms with E-state index in [-0.39, 0.29) is 54.5 Å². The maximum absolute atomic E-state index is 13.7. The number of anilines is 1. The molecule has 3 rings (SSSR count). The van der Waals surface area contributed by atoms with E-state index in [2.05, 4.69) is 5.32 Å². The number of carbonyl (C=O) groups is 2. The van der Waals surface area contributed by atoms with Gasteiger partial charge in [-0.05, 0) is 56.0 Å². The van der Waals surface area contributed by atoms with Crippen molar-refractivity contribution in [1.29, 1.82) is 0 Å². The first-order valence-electron chi connectivity index (χ1n) is 13.4. The van der Waals surface area contributed by atoms with Crippen molar-refractivity contribution in [3.63, 3.8) is 0 Å². The monoisotopic (exact) mass is 649 g/mol. The molecule has 0 spiro atoms. The molecule has 1 fully saturated rings. The summed E-state index contributed by atoms with van der Waals surface area (Å²) in [5, 5.41) is 4.48. The molecule has 0 aromatic heterocycles. The van der Waals surface area contributed by atoms with Gasteiger partial charge in [0.15, 0.2) is 0 Å². The van der Waals surface area contributed by atoms with Gasteiger partial charge in [0.05, 0.1) is 17.0 Å². The van der Waals surface area contributed by atoms with E-state index in [1.807, 2.05) is 6.92 Å². The number of carbonyl (C=O) groups excluding carboxylic acids is 2. The molecule has 0 radical (unpaired) electrons. The van der Waals surface area contributed by atoms with Gasteiger partial charge in [0.2, 0.25) is 21.8 Å². The summed E-state index contributed by atoms with van der Waals surface area (Å²) in [5.74, 6) is -0.526. The van der Waals surface area contributed by atoms with Crippen LogP contribution in [0.3, 0.4) is 0 Å². The van der Waals surface area contributed by atoms with E-state index in [0.717, 1.165) is 42.7 Å². The van der Waals surface area contributed by atoms with E-state index in [1.165, 1.54) is 17.0 Å². The van der Waals surface area contributed by atoms with Crippen molar-refractivity contribution >= 4 is 73.9 Å². The minimum atomic E-state index is -3.72. The molecule has 2 aromatic rings. The Kier molecular flexibility index (Phi) is 12.3. The average molecular weight is 651 g/mol. The van der Waals surface area contributed by atoms with Crippen LogP contribution in [-0.4, -0.2) is 50.0 Å². The van der Waals surface area contributed by atoms with Crippen LogP contribution in [0.1, 0.15) is 63.9 Å². The highest BCUT2D eigenvalue weighted by atomic mass is 35.5. The van der Waals surface area contributed by atoms with Gasteiger partial charge in [-0.25, -0.2) is 8.42 Å². The van der Waals surface area contributed by atoms with Crippen LogP contribution in [-0.2, 0) is 26.2 Å². The number of sulfonamides is 1.